The molecule has 0 saturated heterocycles. The van der Waals surface area contributed by atoms with Gasteiger partial charge in [-0.2, -0.15) is 0 Å². The average molecular weight is 298 g/mol. The van der Waals surface area contributed by atoms with E-state index in [2.05, 4.69) is 5.32 Å². The highest BCUT2D eigenvalue weighted by Gasteiger charge is 2.20. The Kier molecular flexibility index (Phi) is 4.57. The molecule has 0 aromatic heterocycles. The first-order chi connectivity index (χ1) is 9.56. The van der Waals surface area contributed by atoms with E-state index >= 15 is 0 Å². The third-order valence-electron chi connectivity index (χ3n) is 3.07. The van der Waals surface area contributed by atoms with E-state index in [9.17, 15) is 8.78 Å². The zero-order chi connectivity index (χ0) is 14.7. The minimum absolute atomic E-state index is 0.342. The van der Waals surface area contributed by atoms with Gasteiger partial charge in [0.1, 0.15) is 17.4 Å². The highest BCUT2D eigenvalue weighted by molar-refractivity contribution is 6.30. The molecule has 0 fully saturated rings. The summed E-state index contributed by atoms with van der Waals surface area (Å²) in [4.78, 5) is 0. The second kappa shape index (κ2) is 6.20. The van der Waals surface area contributed by atoms with Crippen LogP contribution < -0.4 is 10.1 Å². The number of halogens is 3. The van der Waals surface area contributed by atoms with Gasteiger partial charge in [-0.15, -0.1) is 0 Å². The van der Waals surface area contributed by atoms with Crippen molar-refractivity contribution in [2.75, 3.05) is 14.2 Å². The molecule has 20 heavy (non-hydrogen) atoms. The lowest BCUT2D eigenvalue weighted by molar-refractivity contribution is 0.404. The van der Waals surface area contributed by atoms with Gasteiger partial charge in [-0.3, -0.25) is 0 Å². The molecule has 1 atom stereocenters. The number of hydrogen-bond acceptors (Lipinski definition) is 2. The van der Waals surface area contributed by atoms with E-state index in [1.54, 1.807) is 25.2 Å². The molecule has 0 aliphatic heterocycles. The van der Waals surface area contributed by atoms with Crippen molar-refractivity contribution in [1.29, 1.82) is 0 Å². The van der Waals surface area contributed by atoms with Gasteiger partial charge >= 0.3 is 0 Å². The molecule has 2 nitrogen and oxygen atoms in total. The number of benzene rings is 2. The lowest BCUT2D eigenvalue weighted by Gasteiger charge is -2.20. The van der Waals surface area contributed by atoms with Crippen LogP contribution >= 0.6 is 11.6 Å². The van der Waals surface area contributed by atoms with Gasteiger partial charge in [0, 0.05) is 22.2 Å². The lowest BCUT2D eigenvalue weighted by Crippen LogP contribution is -2.19. The molecule has 0 bridgehead atoms. The summed E-state index contributed by atoms with van der Waals surface area (Å²) in [5.74, 6) is -0.675. The second-order valence-electron chi connectivity index (χ2n) is 4.27. The first kappa shape index (κ1) is 14.8. The van der Waals surface area contributed by atoms with Crippen molar-refractivity contribution in [2.24, 2.45) is 0 Å². The fourth-order valence-corrected chi connectivity index (χ4v) is 2.30. The number of hydrogen-bond donors (Lipinski definition) is 1. The first-order valence-electron chi connectivity index (χ1n) is 6.02. The SMILES string of the molecule is CNC(c1ccc(F)cc1F)c1ccc(Cl)cc1OC. The van der Waals surface area contributed by atoms with Crippen LogP contribution in [-0.4, -0.2) is 14.2 Å². The quantitative estimate of drug-likeness (QED) is 0.923. The van der Waals surface area contributed by atoms with Crippen LogP contribution in [0.25, 0.3) is 0 Å². The van der Waals surface area contributed by atoms with Gasteiger partial charge in [0.15, 0.2) is 0 Å². The molecule has 0 amide bonds. The Morgan fingerprint density at radius 1 is 1.10 bits per heavy atom. The van der Waals surface area contributed by atoms with Crippen molar-refractivity contribution in [2.45, 2.75) is 6.04 Å². The molecule has 2 aromatic carbocycles. The van der Waals surface area contributed by atoms with Crippen molar-refractivity contribution in [3.05, 3.63) is 64.2 Å². The fourth-order valence-electron chi connectivity index (χ4n) is 2.14. The van der Waals surface area contributed by atoms with E-state index < -0.39 is 17.7 Å². The summed E-state index contributed by atoms with van der Waals surface area (Å²) in [6, 6.07) is 8.16. The molecular formula is C15H14ClF2NO. The highest BCUT2D eigenvalue weighted by Crippen LogP contribution is 2.33. The number of rotatable bonds is 4. The van der Waals surface area contributed by atoms with Crippen molar-refractivity contribution >= 4 is 11.6 Å². The monoisotopic (exact) mass is 297 g/mol. The maximum absolute atomic E-state index is 13.9. The molecule has 1 unspecified atom stereocenters. The molecule has 2 rings (SSSR count). The van der Waals surface area contributed by atoms with E-state index in [1.165, 1.54) is 19.2 Å². The number of ether oxygens (including phenoxy) is 1. The van der Waals surface area contributed by atoms with E-state index in [-0.39, 0.29) is 0 Å². The van der Waals surface area contributed by atoms with Gasteiger partial charge in [-0.25, -0.2) is 8.78 Å². The van der Waals surface area contributed by atoms with Crippen LogP contribution in [0.3, 0.4) is 0 Å². The summed E-state index contributed by atoms with van der Waals surface area (Å²) in [7, 11) is 3.21. The van der Waals surface area contributed by atoms with E-state index in [4.69, 9.17) is 16.3 Å². The molecule has 0 spiro atoms. The Hall–Kier alpha value is -1.65. The summed E-state index contributed by atoms with van der Waals surface area (Å²) in [5, 5.41) is 3.53. The minimum atomic E-state index is -0.610. The molecule has 0 radical (unpaired) electrons. The van der Waals surface area contributed by atoms with E-state index in [1.807, 2.05) is 0 Å². The largest absolute Gasteiger partial charge is 0.496 e. The Bertz CT molecular complexity index is 619. The normalized spacial score (nSPS) is 12.2. The highest BCUT2D eigenvalue weighted by atomic mass is 35.5. The summed E-state index contributed by atoms with van der Waals surface area (Å²) in [6.07, 6.45) is 0. The average Bonchev–Trinajstić information content (AvgIpc) is 2.43. The first-order valence-corrected chi connectivity index (χ1v) is 6.40. The topological polar surface area (TPSA) is 21.3 Å². The minimum Gasteiger partial charge on any atom is -0.496 e. The molecule has 5 heteroatoms. The predicted molar refractivity (Wildman–Crippen MR) is 75.3 cm³/mol. The molecule has 1 N–H and O–H groups in total. The van der Waals surface area contributed by atoms with Gasteiger partial charge < -0.3 is 10.1 Å². The Morgan fingerprint density at radius 2 is 1.80 bits per heavy atom. The zero-order valence-corrected chi connectivity index (χ0v) is 11.8. The molecule has 2 aromatic rings. The van der Waals surface area contributed by atoms with Crippen molar-refractivity contribution in [1.82, 2.24) is 5.32 Å². The second-order valence-corrected chi connectivity index (χ2v) is 4.71. The Morgan fingerprint density at radius 3 is 2.40 bits per heavy atom. The molecule has 106 valence electrons. The van der Waals surface area contributed by atoms with Gasteiger partial charge in [-0.05, 0) is 25.2 Å². The van der Waals surface area contributed by atoms with Crippen LogP contribution in [0.4, 0.5) is 8.78 Å². The smallest absolute Gasteiger partial charge is 0.131 e. The van der Waals surface area contributed by atoms with Gasteiger partial charge in [0.2, 0.25) is 0 Å². The van der Waals surface area contributed by atoms with Crippen molar-refractivity contribution in [3.63, 3.8) is 0 Å². The van der Waals surface area contributed by atoms with E-state index in [0.717, 1.165) is 11.6 Å². The Balaban J connectivity index is 2.52. The molecular weight excluding hydrogens is 284 g/mol. The number of methoxy groups -OCH3 is 1. The van der Waals surface area contributed by atoms with Crippen LogP contribution in [0.15, 0.2) is 36.4 Å². The van der Waals surface area contributed by atoms with E-state index in [0.29, 0.717) is 16.3 Å². The standard InChI is InChI=1S/C15H14ClF2NO/c1-19-15(11-6-4-10(17)8-13(11)18)12-5-3-9(16)7-14(12)20-2/h3-8,15,19H,1-2H3. The van der Waals surface area contributed by atoms with Crippen LogP contribution in [0, 0.1) is 11.6 Å². The summed E-state index contributed by atoms with van der Waals surface area (Å²) in [5.41, 5.74) is 1.07. The lowest BCUT2D eigenvalue weighted by atomic mass is 9.97. The zero-order valence-electron chi connectivity index (χ0n) is 11.1. The molecule has 0 heterocycles. The van der Waals surface area contributed by atoms with Gasteiger partial charge in [-0.1, -0.05) is 23.7 Å². The maximum Gasteiger partial charge on any atom is 0.131 e. The fraction of sp³-hybridized carbons (Fsp3) is 0.200. The maximum atomic E-state index is 13.9. The summed E-state index contributed by atoms with van der Waals surface area (Å²) >= 11 is 5.92. The van der Waals surface area contributed by atoms with Gasteiger partial charge in [0.25, 0.3) is 0 Å². The van der Waals surface area contributed by atoms with Crippen molar-refractivity contribution in [3.8, 4) is 5.75 Å². The van der Waals surface area contributed by atoms with Crippen molar-refractivity contribution < 1.29 is 13.5 Å². The van der Waals surface area contributed by atoms with Crippen LogP contribution in [0.5, 0.6) is 5.75 Å². The van der Waals surface area contributed by atoms with Crippen LogP contribution in [0.2, 0.25) is 5.02 Å². The van der Waals surface area contributed by atoms with Crippen LogP contribution in [-0.2, 0) is 0 Å². The van der Waals surface area contributed by atoms with Gasteiger partial charge in [0.05, 0.1) is 13.2 Å². The number of nitrogens with one attached hydrogen (secondary N) is 1. The molecule has 0 saturated carbocycles. The predicted octanol–water partition coefficient (Wildman–Crippen LogP) is 3.94. The third-order valence-corrected chi connectivity index (χ3v) is 3.30. The third kappa shape index (κ3) is 2.92. The summed E-state index contributed by atoms with van der Waals surface area (Å²) in [6.45, 7) is 0. The molecule has 0 aliphatic rings. The Labute approximate surface area is 121 Å². The summed E-state index contributed by atoms with van der Waals surface area (Å²) < 4.78 is 32.2. The van der Waals surface area contributed by atoms with Crippen LogP contribution in [0.1, 0.15) is 17.2 Å². The molecule has 0 aliphatic carbocycles.